The van der Waals surface area contributed by atoms with Gasteiger partial charge in [0.2, 0.25) is 0 Å². The van der Waals surface area contributed by atoms with Gasteiger partial charge < -0.3 is 4.74 Å². The Morgan fingerprint density at radius 1 is 1.16 bits per heavy atom. The number of ether oxygens (including phenoxy) is 1. The van der Waals surface area contributed by atoms with Gasteiger partial charge >= 0.3 is 0 Å². The molecule has 2 aromatic rings. The van der Waals surface area contributed by atoms with Gasteiger partial charge in [0.05, 0.1) is 12.3 Å². The summed E-state index contributed by atoms with van der Waals surface area (Å²) in [5, 5.41) is 8.08. The lowest BCUT2D eigenvalue weighted by Gasteiger charge is -2.12. The second kappa shape index (κ2) is 5.87. The maximum absolute atomic E-state index is 5.56. The minimum Gasteiger partial charge on any atom is -0.494 e. The monoisotopic (exact) mass is 259 g/mol. The molecule has 0 saturated heterocycles. The SMILES string of the molecule is CCOc1cc(C)c(CCc2cn(C)nn2)c(C)c1. The van der Waals surface area contributed by atoms with E-state index in [1.54, 1.807) is 4.68 Å². The zero-order valence-electron chi connectivity index (χ0n) is 12.1. The highest BCUT2D eigenvalue weighted by Crippen LogP contribution is 2.23. The minimum absolute atomic E-state index is 0.706. The summed E-state index contributed by atoms with van der Waals surface area (Å²) in [5.74, 6) is 0.959. The van der Waals surface area contributed by atoms with Crippen molar-refractivity contribution in [2.24, 2.45) is 7.05 Å². The number of hydrogen-bond acceptors (Lipinski definition) is 3. The quantitative estimate of drug-likeness (QED) is 0.828. The first-order chi connectivity index (χ1) is 9.10. The standard InChI is InChI=1S/C15H21N3O/c1-5-19-14-8-11(2)15(12(3)9-14)7-6-13-10-18(4)17-16-13/h8-10H,5-7H2,1-4H3. The highest BCUT2D eigenvalue weighted by molar-refractivity contribution is 5.41. The molecule has 0 aliphatic rings. The first-order valence-electron chi connectivity index (χ1n) is 6.68. The van der Waals surface area contributed by atoms with Crippen LogP contribution in [0.2, 0.25) is 0 Å². The Kier molecular flexibility index (Phi) is 4.20. The molecule has 1 aromatic carbocycles. The minimum atomic E-state index is 0.706. The summed E-state index contributed by atoms with van der Waals surface area (Å²) >= 11 is 0. The largest absolute Gasteiger partial charge is 0.494 e. The maximum Gasteiger partial charge on any atom is 0.119 e. The third-order valence-electron chi connectivity index (χ3n) is 3.26. The fourth-order valence-electron chi connectivity index (χ4n) is 2.36. The maximum atomic E-state index is 5.56. The third-order valence-corrected chi connectivity index (χ3v) is 3.26. The van der Waals surface area contributed by atoms with Gasteiger partial charge in [-0.3, -0.25) is 4.68 Å². The normalized spacial score (nSPS) is 10.7. The smallest absolute Gasteiger partial charge is 0.119 e. The summed E-state index contributed by atoms with van der Waals surface area (Å²) in [6.45, 7) is 6.99. The van der Waals surface area contributed by atoms with E-state index in [0.717, 1.165) is 24.3 Å². The molecule has 0 fully saturated rings. The van der Waals surface area contributed by atoms with Crippen molar-refractivity contribution >= 4 is 0 Å². The third kappa shape index (κ3) is 3.34. The second-order valence-electron chi connectivity index (χ2n) is 4.85. The zero-order chi connectivity index (χ0) is 13.8. The van der Waals surface area contributed by atoms with E-state index >= 15 is 0 Å². The zero-order valence-corrected chi connectivity index (χ0v) is 12.1. The van der Waals surface area contributed by atoms with Crippen LogP contribution in [0.25, 0.3) is 0 Å². The van der Waals surface area contributed by atoms with Gasteiger partial charge in [-0.15, -0.1) is 5.10 Å². The van der Waals surface area contributed by atoms with Crippen molar-refractivity contribution in [3.05, 3.63) is 40.7 Å². The number of nitrogens with zero attached hydrogens (tertiary/aromatic N) is 3. The molecule has 0 atom stereocenters. The van der Waals surface area contributed by atoms with Gasteiger partial charge in [0.25, 0.3) is 0 Å². The molecule has 0 saturated carbocycles. The predicted molar refractivity (Wildman–Crippen MR) is 75.5 cm³/mol. The molecule has 0 N–H and O–H groups in total. The molecule has 19 heavy (non-hydrogen) atoms. The number of aromatic nitrogens is 3. The van der Waals surface area contributed by atoms with Gasteiger partial charge in [-0.1, -0.05) is 5.21 Å². The molecule has 0 aliphatic heterocycles. The summed E-state index contributed by atoms with van der Waals surface area (Å²) in [7, 11) is 1.89. The van der Waals surface area contributed by atoms with E-state index < -0.39 is 0 Å². The van der Waals surface area contributed by atoms with Crippen molar-refractivity contribution in [2.75, 3.05) is 6.61 Å². The van der Waals surface area contributed by atoms with Crippen LogP contribution >= 0.6 is 0 Å². The molecule has 102 valence electrons. The average Bonchev–Trinajstić information content (AvgIpc) is 2.74. The van der Waals surface area contributed by atoms with Crippen LogP contribution in [0.4, 0.5) is 0 Å². The average molecular weight is 259 g/mol. The van der Waals surface area contributed by atoms with Crippen molar-refractivity contribution < 1.29 is 4.74 Å². The lowest BCUT2D eigenvalue weighted by Crippen LogP contribution is -2.00. The summed E-state index contributed by atoms with van der Waals surface area (Å²) in [4.78, 5) is 0. The van der Waals surface area contributed by atoms with Crippen LogP contribution in [0.1, 0.15) is 29.3 Å². The number of hydrogen-bond donors (Lipinski definition) is 0. The molecule has 0 unspecified atom stereocenters. The Labute approximate surface area is 114 Å². The molecular formula is C15H21N3O. The lowest BCUT2D eigenvalue weighted by atomic mass is 9.97. The van der Waals surface area contributed by atoms with Crippen molar-refractivity contribution in [3.8, 4) is 5.75 Å². The van der Waals surface area contributed by atoms with Crippen LogP contribution in [0.3, 0.4) is 0 Å². The highest BCUT2D eigenvalue weighted by Gasteiger charge is 2.07. The van der Waals surface area contributed by atoms with Crippen LogP contribution in [0.5, 0.6) is 5.75 Å². The second-order valence-corrected chi connectivity index (χ2v) is 4.85. The first kappa shape index (κ1) is 13.6. The molecule has 1 aromatic heterocycles. The Hall–Kier alpha value is -1.84. The molecule has 0 aliphatic carbocycles. The lowest BCUT2D eigenvalue weighted by molar-refractivity contribution is 0.339. The fraction of sp³-hybridized carbons (Fsp3) is 0.467. The highest BCUT2D eigenvalue weighted by atomic mass is 16.5. The van der Waals surface area contributed by atoms with E-state index in [9.17, 15) is 0 Å². The summed E-state index contributed by atoms with van der Waals surface area (Å²) in [6, 6.07) is 4.23. The van der Waals surface area contributed by atoms with E-state index in [-0.39, 0.29) is 0 Å². The van der Waals surface area contributed by atoms with Crippen LogP contribution in [-0.4, -0.2) is 21.6 Å². The van der Waals surface area contributed by atoms with Crippen LogP contribution in [0.15, 0.2) is 18.3 Å². The number of benzene rings is 1. The summed E-state index contributed by atoms with van der Waals surface area (Å²) < 4.78 is 7.31. The van der Waals surface area contributed by atoms with Gasteiger partial charge in [0, 0.05) is 13.2 Å². The molecular weight excluding hydrogens is 238 g/mol. The van der Waals surface area contributed by atoms with Crippen molar-refractivity contribution in [3.63, 3.8) is 0 Å². The van der Waals surface area contributed by atoms with Gasteiger partial charge in [-0.05, 0) is 62.4 Å². The van der Waals surface area contributed by atoms with Crippen LogP contribution in [0, 0.1) is 13.8 Å². The van der Waals surface area contributed by atoms with E-state index in [4.69, 9.17) is 4.74 Å². The summed E-state index contributed by atoms with van der Waals surface area (Å²) in [6.07, 6.45) is 3.88. The molecule has 2 rings (SSSR count). The molecule has 0 amide bonds. The predicted octanol–water partition coefficient (Wildman–Crippen LogP) is 2.62. The first-order valence-corrected chi connectivity index (χ1v) is 6.68. The van der Waals surface area contributed by atoms with Crippen LogP contribution in [-0.2, 0) is 19.9 Å². The number of rotatable bonds is 5. The Balaban J connectivity index is 2.11. The molecule has 0 bridgehead atoms. The van der Waals surface area contributed by atoms with Crippen molar-refractivity contribution in [2.45, 2.75) is 33.6 Å². The van der Waals surface area contributed by atoms with Crippen molar-refractivity contribution in [1.82, 2.24) is 15.0 Å². The van der Waals surface area contributed by atoms with Gasteiger partial charge in [0.15, 0.2) is 0 Å². The molecule has 0 radical (unpaired) electrons. The number of aryl methyl sites for hydroxylation is 4. The molecule has 4 heteroatoms. The molecule has 0 spiro atoms. The molecule has 4 nitrogen and oxygen atoms in total. The van der Waals surface area contributed by atoms with E-state index in [0.29, 0.717) is 6.61 Å². The van der Waals surface area contributed by atoms with E-state index in [1.807, 2.05) is 20.2 Å². The van der Waals surface area contributed by atoms with E-state index in [2.05, 4.69) is 36.3 Å². The topological polar surface area (TPSA) is 39.9 Å². The van der Waals surface area contributed by atoms with Crippen LogP contribution < -0.4 is 4.74 Å². The van der Waals surface area contributed by atoms with Gasteiger partial charge in [0.1, 0.15) is 5.75 Å². The Bertz CT molecular complexity index is 537. The van der Waals surface area contributed by atoms with E-state index in [1.165, 1.54) is 16.7 Å². The van der Waals surface area contributed by atoms with Gasteiger partial charge in [-0.2, -0.15) is 0 Å². The van der Waals surface area contributed by atoms with Gasteiger partial charge in [-0.25, -0.2) is 0 Å². The van der Waals surface area contributed by atoms with Crippen molar-refractivity contribution in [1.29, 1.82) is 0 Å². The summed E-state index contributed by atoms with van der Waals surface area (Å²) in [5.41, 5.74) is 4.99. The Morgan fingerprint density at radius 2 is 1.84 bits per heavy atom. The Morgan fingerprint density at radius 3 is 2.37 bits per heavy atom. The fourth-order valence-corrected chi connectivity index (χ4v) is 2.36. The molecule has 1 heterocycles.